The second kappa shape index (κ2) is 4.62. The summed E-state index contributed by atoms with van der Waals surface area (Å²) in [5, 5.41) is 8.83. The molecule has 1 aromatic rings. The highest BCUT2D eigenvalue weighted by molar-refractivity contribution is 5.50. The van der Waals surface area contributed by atoms with Gasteiger partial charge in [0, 0.05) is 30.9 Å². The molecule has 2 atom stereocenters. The third-order valence-corrected chi connectivity index (χ3v) is 4.51. The molecular weight excluding hydrogens is 222 g/mol. The Morgan fingerprint density at radius 2 is 1.83 bits per heavy atom. The number of rotatable bonds is 1. The van der Waals surface area contributed by atoms with E-state index in [-0.39, 0.29) is 0 Å². The van der Waals surface area contributed by atoms with Crippen molar-refractivity contribution < 1.29 is 0 Å². The van der Waals surface area contributed by atoms with E-state index in [1.807, 2.05) is 12.1 Å². The molecule has 2 heterocycles. The Morgan fingerprint density at radius 1 is 1.11 bits per heavy atom. The van der Waals surface area contributed by atoms with Crippen molar-refractivity contribution in [3.05, 3.63) is 29.8 Å². The van der Waals surface area contributed by atoms with Crippen LogP contribution in [0.3, 0.4) is 0 Å². The van der Waals surface area contributed by atoms with Crippen LogP contribution in [0.5, 0.6) is 0 Å². The van der Waals surface area contributed by atoms with Crippen molar-refractivity contribution >= 4 is 5.69 Å². The van der Waals surface area contributed by atoms with Gasteiger partial charge >= 0.3 is 0 Å². The number of anilines is 1. The summed E-state index contributed by atoms with van der Waals surface area (Å²) in [5.41, 5.74) is 2.00. The molecule has 94 valence electrons. The zero-order chi connectivity index (χ0) is 12.5. The van der Waals surface area contributed by atoms with Gasteiger partial charge in [-0.3, -0.25) is 4.90 Å². The molecule has 0 amide bonds. The number of likely N-dealkylation sites (N-methyl/N-ethyl adjacent to an activating group) is 1. The van der Waals surface area contributed by atoms with Crippen LogP contribution in [-0.4, -0.2) is 37.1 Å². The lowest BCUT2D eigenvalue weighted by molar-refractivity contribution is 0.254. The van der Waals surface area contributed by atoms with Gasteiger partial charge in [-0.15, -0.1) is 0 Å². The fourth-order valence-electron chi connectivity index (χ4n) is 3.29. The van der Waals surface area contributed by atoms with E-state index < -0.39 is 0 Å². The minimum Gasteiger partial charge on any atom is -0.370 e. The summed E-state index contributed by atoms with van der Waals surface area (Å²) in [6.07, 6.45) is 3.95. The highest BCUT2D eigenvalue weighted by atomic mass is 15.3. The van der Waals surface area contributed by atoms with Crippen LogP contribution in [-0.2, 0) is 0 Å². The normalized spacial score (nSPS) is 27.9. The Labute approximate surface area is 109 Å². The first kappa shape index (κ1) is 11.6. The molecule has 0 aromatic heterocycles. The summed E-state index contributed by atoms with van der Waals surface area (Å²) < 4.78 is 0. The van der Waals surface area contributed by atoms with Gasteiger partial charge < -0.3 is 4.90 Å². The van der Waals surface area contributed by atoms with Gasteiger partial charge in [0.15, 0.2) is 0 Å². The second-order valence-electron chi connectivity index (χ2n) is 5.44. The molecule has 18 heavy (non-hydrogen) atoms. The van der Waals surface area contributed by atoms with Crippen molar-refractivity contribution in [2.75, 3.05) is 25.0 Å². The zero-order valence-electron chi connectivity index (χ0n) is 10.8. The average molecular weight is 241 g/mol. The monoisotopic (exact) mass is 241 g/mol. The van der Waals surface area contributed by atoms with E-state index in [2.05, 4.69) is 35.0 Å². The van der Waals surface area contributed by atoms with Crippen LogP contribution in [0, 0.1) is 11.3 Å². The lowest BCUT2D eigenvalue weighted by Crippen LogP contribution is -2.36. The van der Waals surface area contributed by atoms with E-state index in [0.717, 1.165) is 24.7 Å². The number of nitriles is 1. The summed E-state index contributed by atoms with van der Waals surface area (Å²) in [7, 11) is 2.27. The van der Waals surface area contributed by atoms with Gasteiger partial charge in [0.2, 0.25) is 0 Å². The van der Waals surface area contributed by atoms with Crippen LogP contribution in [0.25, 0.3) is 0 Å². The molecule has 0 saturated carbocycles. The second-order valence-corrected chi connectivity index (χ2v) is 5.44. The maximum absolute atomic E-state index is 8.83. The van der Waals surface area contributed by atoms with E-state index in [1.54, 1.807) is 0 Å². The van der Waals surface area contributed by atoms with Gasteiger partial charge in [0.1, 0.15) is 0 Å². The molecule has 2 saturated heterocycles. The van der Waals surface area contributed by atoms with Crippen molar-refractivity contribution in [2.24, 2.45) is 0 Å². The maximum Gasteiger partial charge on any atom is 0.0991 e. The highest BCUT2D eigenvalue weighted by Gasteiger charge is 2.34. The zero-order valence-corrected chi connectivity index (χ0v) is 10.8. The summed E-state index contributed by atoms with van der Waals surface area (Å²) >= 11 is 0. The molecule has 2 fully saturated rings. The molecule has 0 aliphatic carbocycles. The van der Waals surface area contributed by atoms with Gasteiger partial charge in [0.05, 0.1) is 11.6 Å². The van der Waals surface area contributed by atoms with Crippen molar-refractivity contribution in [1.29, 1.82) is 5.26 Å². The van der Waals surface area contributed by atoms with Crippen LogP contribution in [0.4, 0.5) is 5.69 Å². The SMILES string of the molecule is CN1C2CCC1CN(c1ccc(C#N)cc1)CC2. The van der Waals surface area contributed by atoms with Crippen molar-refractivity contribution in [1.82, 2.24) is 4.90 Å². The number of benzene rings is 1. The molecule has 2 aliphatic rings. The maximum atomic E-state index is 8.83. The van der Waals surface area contributed by atoms with E-state index in [0.29, 0.717) is 6.04 Å². The molecule has 1 aromatic carbocycles. The van der Waals surface area contributed by atoms with Crippen LogP contribution >= 0.6 is 0 Å². The van der Waals surface area contributed by atoms with Gasteiger partial charge in [-0.05, 0) is 50.6 Å². The van der Waals surface area contributed by atoms with E-state index in [1.165, 1.54) is 24.9 Å². The molecule has 0 spiro atoms. The van der Waals surface area contributed by atoms with Crippen molar-refractivity contribution in [3.63, 3.8) is 0 Å². The Bertz CT molecular complexity index is 460. The Morgan fingerprint density at radius 3 is 2.56 bits per heavy atom. The van der Waals surface area contributed by atoms with Gasteiger partial charge in [-0.1, -0.05) is 0 Å². The molecule has 2 unspecified atom stereocenters. The Hall–Kier alpha value is -1.53. The third kappa shape index (κ3) is 1.97. The van der Waals surface area contributed by atoms with Gasteiger partial charge in [-0.25, -0.2) is 0 Å². The number of fused-ring (bicyclic) bond motifs is 2. The Balaban J connectivity index is 1.78. The lowest BCUT2D eigenvalue weighted by Gasteiger charge is -2.27. The summed E-state index contributed by atoms with van der Waals surface area (Å²) in [6.45, 7) is 2.26. The van der Waals surface area contributed by atoms with E-state index in [4.69, 9.17) is 5.26 Å². The minimum absolute atomic E-state index is 0.702. The van der Waals surface area contributed by atoms with E-state index in [9.17, 15) is 0 Å². The third-order valence-electron chi connectivity index (χ3n) is 4.51. The summed E-state index contributed by atoms with van der Waals surface area (Å²) in [4.78, 5) is 5.03. The molecule has 3 nitrogen and oxygen atoms in total. The molecule has 2 bridgehead atoms. The van der Waals surface area contributed by atoms with Crippen LogP contribution in [0.2, 0.25) is 0 Å². The molecule has 3 heteroatoms. The largest absolute Gasteiger partial charge is 0.370 e. The number of hydrogen-bond donors (Lipinski definition) is 0. The topological polar surface area (TPSA) is 30.3 Å². The quantitative estimate of drug-likeness (QED) is 0.755. The first-order valence-electron chi connectivity index (χ1n) is 6.75. The molecular formula is C15H19N3. The minimum atomic E-state index is 0.702. The predicted molar refractivity (Wildman–Crippen MR) is 72.6 cm³/mol. The van der Waals surface area contributed by atoms with Gasteiger partial charge in [-0.2, -0.15) is 5.26 Å². The highest BCUT2D eigenvalue weighted by Crippen LogP contribution is 2.30. The van der Waals surface area contributed by atoms with E-state index >= 15 is 0 Å². The molecule has 2 aliphatic heterocycles. The van der Waals surface area contributed by atoms with Crippen molar-refractivity contribution in [3.8, 4) is 6.07 Å². The number of hydrogen-bond acceptors (Lipinski definition) is 3. The van der Waals surface area contributed by atoms with Crippen LogP contribution in [0.1, 0.15) is 24.8 Å². The first-order valence-corrected chi connectivity index (χ1v) is 6.75. The fourth-order valence-corrected chi connectivity index (χ4v) is 3.29. The Kier molecular flexibility index (Phi) is 2.97. The molecule has 0 radical (unpaired) electrons. The fraction of sp³-hybridized carbons (Fsp3) is 0.533. The van der Waals surface area contributed by atoms with Crippen molar-refractivity contribution in [2.45, 2.75) is 31.3 Å². The smallest absolute Gasteiger partial charge is 0.0991 e. The lowest BCUT2D eigenvalue weighted by atomic mass is 10.1. The standard InChI is InChI=1S/C15H19N3/c1-17-13-6-7-15(17)11-18(9-8-13)14-4-2-12(10-16)3-5-14/h2-5,13,15H,6-9,11H2,1H3. The number of nitrogens with zero attached hydrogens (tertiary/aromatic N) is 3. The predicted octanol–water partition coefficient (Wildman–Crippen LogP) is 2.23. The van der Waals surface area contributed by atoms with Crippen LogP contribution in [0.15, 0.2) is 24.3 Å². The average Bonchev–Trinajstić information content (AvgIpc) is 2.64. The first-order chi connectivity index (χ1) is 8.78. The summed E-state index contributed by atoms with van der Waals surface area (Å²) in [5.74, 6) is 0. The van der Waals surface area contributed by atoms with Crippen LogP contribution < -0.4 is 4.90 Å². The molecule has 0 N–H and O–H groups in total. The summed E-state index contributed by atoms with van der Waals surface area (Å²) in [6, 6.07) is 11.7. The molecule has 3 rings (SSSR count). The van der Waals surface area contributed by atoms with Gasteiger partial charge in [0.25, 0.3) is 0 Å².